The third-order valence-electron chi connectivity index (χ3n) is 3.13. The topological polar surface area (TPSA) is 46.9 Å². The van der Waals surface area contributed by atoms with E-state index in [0.717, 1.165) is 10.7 Å². The molecule has 0 saturated carbocycles. The molecule has 1 N–H and O–H groups in total. The maximum Gasteiger partial charge on any atom is 0.413 e. The van der Waals surface area contributed by atoms with Gasteiger partial charge >= 0.3 is 6.18 Å². The zero-order valence-electron chi connectivity index (χ0n) is 12.1. The quantitative estimate of drug-likeness (QED) is 0.878. The first-order chi connectivity index (χ1) is 10.6. The first-order valence-corrected chi connectivity index (χ1v) is 6.43. The average Bonchev–Trinajstić information content (AvgIpc) is 2.75. The fourth-order valence-electron chi connectivity index (χ4n) is 2.13. The number of nitrogens with zero attached hydrogens (tertiary/aromatic N) is 2. The molecule has 2 rings (SSSR count). The lowest BCUT2D eigenvalue weighted by atomic mass is 10.0. The number of amides is 1. The number of halogens is 5. The van der Waals surface area contributed by atoms with Crippen molar-refractivity contribution in [2.24, 2.45) is 7.05 Å². The Balaban J connectivity index is 2.42. The molecule has 124 valence electrons. The number of aryl methyl sites for hydroxylation is 2. The summed E-state index contributed by atoms with van der Waals surface area (Å²) in [6.07, 6.45) is -5.08. The number of carbonyl (C=O) groups is 1. The van der Waals surface area contributed by atoms with Gasteiger partial charge in [0, 0.05) is 7.05 Å². The lowest BCUT2D eigenvalue weighted by molar-refractivity contribution is -0.156. The van der Waals surface area contributed by atoms with E-state index in [0.29, 0.717) is 17.8 Å². The van der Waals surface area contributed by atoms with Gasteiger partial charge in [-0.05, 0) is 25.1 Å². The Bertz CT molecular complexity index is 718. The monoisotopic (exact) mass is 333 g/mol. The molecule has 0 spiro atoms. The molecule has 0 aliphatic heterocycles. The maximum atomic E-state index is 13.7. The second-order valence-corrected chi connectivity index (χ2v) is 4.88. The number of hydrogen-bond acceptors (Lipinski definition) is 2. The highest BCUT2D eigenvalue weighted by molar-refractivity contribution is 5.93. The SMILES string of the molecule is Cc1cc(C(=O)N[C@@H](c2c(F)cccc2F)C(F)(F)F)n(C)n1. The van der Waals surface area contributed by atoms with Crippen molar-refractivity contribution in [2.75, 3.05) is 0 Å². The Labute approximate surface area is 127 Å². The van der Waals surface area contributed by atoms with E-state index in [1.54, 1.807) is 12.2 Å². The highest BCUT2D eigenvalue weighted by atomic mass is 19.4. The van der Waals surface area contributed by atoms with Crippen LogP contribution in [0.1, 0.15) is 27.8 Å². The molecule has 23 heavy (non-hydrogen) atoms. The van der Waals surface area contributed by atoms with Gasteiger partial charge in [0.1, 0.15) is 17.3 Å². The molecule has 1 atom stereocenters. The number of hydrogen-bond donors (Lipinski definition) is 1. The highest BCUT2D eigenvalue weighted by Gasteiger charge is 2.45. The van der Waals surface area contributed by atoms with Crippen LogP contribution >= 0.6 is 0 Å². The first-order valence-electron chi connectivity index (χ1n) is 6.43. The third kappa shape index (κ3) is 3.49. The molecule has 0 radical (unpaired) electrons. The number of benzene rings is 1. The molecule has 0 bridgehead atoms. The van der Waals surface area contributed by atoms with E-state index in [9.17, 15) is 26.7 Å². The van der Waals surface area contributed by atoms with Crippen LogP contribution in [-0.2, 0) is 7.05 Å². The van der Waals surface area contributed by atoms with Crippen molar-refractivity contribution >= 4 is 5.91 Å². The molecular formula is C14H12F5N3O. The Morgan fingerprint density at radius 2 is 1.83 bits per heavy atom. The minimum atomic E-state index is -5.08. The molecule has 0 aliphatic carbocycles. The van der Waals surface area contributed by atoms with Crippen LogP contribution in [0.2, 0.25) is 0 Å². The van der Waals surface area contributed by atoms with Crippen LogP contribution in [-0.4, -0.2) is 21.9 Å². The fourth-order valence-corrected chi connectivity index (χ4v) is 2.13. The first kappa shape index (κ1) is 16.9. The molecule has 0 saturated heterocycles. The van der Waals surface area contributed by atoms with Gasteiger partial charge < -0.3 is 5.32 Å². The maximum absolute atomic E-state index is 13.7. The van der Waals surface area contributed by atoms with E-state index in [1.165, 1.54) is 13.1 Å². The van der Waals surface area contributed by atoms with Gasteiger partial charge in [-0.25, -0.2) is 8.78 Å². The van der Waals surface area contributed by atoms with Gasteiger partial charge in [-0.3, -0.25) is 9.48 Å². The Hall–Kier alpha value is -2.45. The van der Waals surface area contributed by atoms with Crippen LogP contribution in [0.5, 0.6) is 0 Å². The summed E-state index contributed by atoms with van der Waals surface area (Å²) < 4.78 is 67.9. The molecule has 1 amide bonds. The van der Waals surface area contributed by atoms with Crippen LogP contribution in [0.4, 0.5) is 22.0 Å². The largest absolute Gasteiger partial charge is 0.413 e. The summed E-state index contributed by atoms with van der Waals surface area (Å²) in [4.78, 5) is 12.0. The van der Waals surface area contributed by atoms with Crippen LogP contribution < -0.4 is 5.32 Å². The molecule has 0 unspecified atom stereocenters. The van der Waals surface area contributed by atoms with E-state index in [2.05, 4.69) is 5.10 Å². The van der Waals surface area contributed by atoms with Gasteiger partial charge in [0.25, 0.3) is 5.91 Å². The van der Waals surface area contributed by atoms with E-state index in [-0.39, 0.29) is 5.69 Å². The van der Waals surface area contributed by atoms with Crippen molar-refractivity contribution in [1.29, 1.82) is 0 Å². The lowest BCUT2D eigenvalue weighted by Gasteiger charge is -2.22. The predicted octanol–water partition coefficient (Wildman–Crippen LogP) is 3.04. The van der Waals surface area contributed by atoms with Crippen molar-refractivity contribution < 1.29 is 26.7 Å². The van der Waals surface area contributed by atoms with Crippen molar-refractivity contribution in [3.8, 4) is 0 Å². The standard InChI is InChI=1S/C14H12F5N3O/c1-7-6-10(22(2)21-7)13(23)20-12(14(17,18)19)11-8(15)4-3-5-9(11)16/h3-6,12H,1-2H3,(H,20,23)/t12-/m0/s1. The van der Waals surface area contributed by atoms with Crippen molar-refractivity contribution in [2.45, 2.75) is 19.1 Å². The lowest BCUT2D eigenvalue weighted by Crippen LogP contribution is -2.39. The summed E-state index contributed by atoms with van der Waals surface area (Å²) in [7, 11) is 1.37. The second-order valence-electron chi connectivity index (χ2n) is 4.88. The summed E-state index contributed by atoms with van der Waals surface area (Å²) in [6, 6.07) is 0.773. The second kappa shape index (κ2) is 5.98. The van der Waals surface area contributed by atoms with E-state index in [4.69, 9.17) is 0 Å². The van der Waals surface area contributed by atoms with Crippen LogP contribution in [0, 0.1) is 18.6 Å². The average molecular weight is 333 g/mol. The van der Waals surface area contributed by atoms with Gasteiger partial charge in [0.2, 0.25) is 0 Å². The van der Waals surface area contributed by atoms with Gasteiger partial charge in [-0.2, -0.15) is 18.3 Å². The summed E-state index contributed by atoms with van der Waals surface area (Å²) >= 11 is 0. The molecule has 1 aromatic heterocycles. The zero-order chi connectivity index (χ0) is 17.4. The summed E-state index contributed by atoms with van der Waals surface area (Å²) in [6.45, 7) is 1.55. The van der Waals surface area contributed by atoms with E-state index >= 15 is 0 Å². The minimum absolute atomic E-state index is 0.159. The molecule has 1 heterocycles. The smallest absolute Gasteiger partial charge is 0.335 e. The number of carbonyl (C=O) groups excluding carboxylic acids is 1. The molecule has 9 heteroatoms. The molecule has 4 nitrogen and oxygen atoms in total. The Kier molecular flexibility index (Phi) is 4.39. The molecule has 0 aliphatic rings. The highest BCUT2D eigenvalue weighted by Crippen LogP contribution is 2.35. The molecular weight excluding hydrogens is 321 g/mol. The van der Waals surface area contributed by atoms with Gasteiger partial charge in [-0.15, -0.1) is 0 Å². The predicted molar refractivity (Wildman–Crippen MR) is 70.6 cm³/mol. The number of nitrogens with one attached hydrogen (secondary N) is 1. The van der Waals surface area contributed by atoms with Crippen LogP contribution in [0.15, 0.2) is 24.3 Å². The number of rotatable bonds is 3. The molecule has 1 aromatic carbocycles. The van der Waals surface area contributed by atoms with Gasteiger partial charge in [-0.1, -0.05) is 6.07 Å². The fraction of sp³-hybridized carbons (Fsp3) is 0.286. The zero-order valence-corrected chi connectivity index (χ0v) is 12.1. The summed E-state index contributed by atoms with van der Waals surface area (Å²) in [5, 5.41) is 5.46. The number of aromatic nitrogens is 2. The third-order valence-corrected chi connectivity index (χ3v) is 3.13. The van der Waals surface area contributed by atoms with Crippen molar-refractivity contribution in [1.82, 2.24) is 15.1 Å². The minimum Gasteiger partial charge on any atom is -0.335 e. The van der Waals surface area contributed by atoms with Crippen LogP contribution in [0.3, 0.4) is 0 Å². The van der Waals surface area contributed by atoms with Crippen molar-refractivity contribution in [3.63, 3.8) is 0 Å². The Morgan fingerprint density at radius 3 is 2.26 bits per heavy atom. The Morgan fingerprint density at radius 1 is 1.26 bits per heavy atom. The van der Waals surface area contributed by atoms with Gasteiger partial charge in [0.15, 0.2) is 6.04 Å². The summed E-state index contributed by atoms with van der Waals surface area (Å²) in [5.74, 6) is -3.93. The van der Waals surface area contributed by atoms with Crippen molar-refractivity contribution in [3.05, 3.63) is 52.9 Å². The van der Waals surface area contributed by atoms with E-state index in [1.807, 2.05) is 0 Å². The van der Waals surface area contributed by atoms with Crippen LogP contribution in [0.25, 0.3) is 0 Å². The molecule has 0 fully saturated rings. The normalized spacial score (nSPS) is 13.0. The number of alkyl halides is 3. The molecule has 2 aromatic rings. The van der Waals surface area contributed by atoms with Gasteiger partial charge in [0.05, 0.1) is 11.3 Å². The van der Waals surface area contributed by atoms with E-state index < -0.39 is 35.3 Å². The summed E-state index contributed by atoms with van der Waals surface area (Å²) in [5.41, 5.74) is -1.00.